The van der Waals surface area contributed by atoms with Gasteiger partial charge in [-0.05, 0) is 31.8 Å². The van der Waals surface area contributed by atoms with Crippen molar-refractivity contribution in [3.63, 3.8) is 0 Å². The lowest BCUT2D eigenvalue weighted by Crippen LogP contribution is -2.36. The van der Waals surface area contributed by atoms with Crippen LogP contribution < -0.4 is 0 Å². The lowest BCUT2D eigenvalue weighted by molar-refractivity contribution is -0.0749. The Balaban J connectivity index is 2.69. The van der Waals surface area contributed by atoms with Crippen molar-refractivity contribution >= 4 is 15.9 Å². The molecule has 0 bridgehead atoms. The summed E-state index contributed by atoms with van der Waals surface area (Å²) < 4.78 is 6.03. The van der Waals surface area contributed by atoms with E-state index in [-0.39, 0.29) is 12.2 Å². The number of aliphatic hydroxyl groups excluding tert-OH is 1. The first-order chi connectivity index (χ1) is 8.69. The van der Waals surface area contributed by atoms with Gasteiger partial charge < -0.3 is 9.84 Å². The molecule has 0 unspecified atom stereocenters. The summed E-state index contributed by atoms with van der Waals surface area (Å²) in [6.07, 6.45) is 15.5. The van der Waals surface area contributed by atoms with Gasteiger partial charge in [-0.2, -0.15) is 0 Å². The highest BCUT2D eigenvalue weighted by atomic mass is 79.9. The predicted molar refractivity (Wildman–Crippen MR) is 78.6 cm³/mol. The van der Waals surface area contributed by atoms with Crippen LogP contribution in [-0.2, 0) is 4.74 Å². The molecular formula is C15H21BrO2. The normalized spacial score (nSPS) is 32.4. The smallest absolute Gasteiger partial charge is 0.0876 e. The van der Waals surface area contributed by atoms with Gasteiger partial charge >= 0.3 is 0 Å². The highest BCUT2D eigenvalue weighted by Gasteiger charge is 2.26. The van der Waals surface area contributed by atoms with Crippen LogP contribution in [0.5, 0.6) is 0 Å². The third-order valence-corrected chi connectivity index (χ3v) is 4.30. The van der Waals surface area contributed by atoms with Crippen molar-refractivity contribution in [3.05, 3.63) is 24.3 Å². The zero-order valence-corrected chi connectivity index (χ0v) is 12.3. The van der Waals surface area contributed by atoms with Gasteiger partial charge in [0.1, 0.15) is 0 Å². The molecule has 3 heteroatoms. The van der Waals surface area contributed by atoms with Crippen LogP contribution in [0.15, 0.2) is 24.3 Å². The lowest BCUT2D eigenvalue weighted by atomic mass is 10.0. The SMILES string of the molecule is C#C/C=C\C[C@@H]1O[C@@H]([C@@H](Br)CC)C/C=C\C[C@@H]1O. The Kier molecular flexibility index (Phi) is 7.34. The Morgan fingerprint density at radius 1 is 1.56 bits per heavy atom. The van der Waals surface area contributed by atoms with Crippen molar-refractivity contribution in [1.29, 1.82) is 0 Å². The monoisotopic (exact) mass is 312 g/mol. The van der Waals surface area contributed by atoms with Gasteiger partial charge in [0.25, 0.3) is 0 Å². The Hall–Kier alpha value is -0.560. The van der Waals surface area contributed by atoms with Gasteiger partial charge in [0.15, 0.2) is 0 Å². The van der Waals surface area contributed by atoms with Crippen molar-refractivity contribution in [2.45, 2.75) is 55.7 Å². The van der Waals surface area contributed by atoms with Crippen LogP contribution in [0.1, 0.15) is 32.6 Å². The zero-order valence-electron chi connectivity index (χ0n) is 10.8. The van der Waals surface area contributed by atoms with E-state index in [0.29, 0.717) is 17.7 Å². The summed E-state index contributed by atoms with van der Waals surface area (Å²) in [5, 5.41) is 10.1. The maximum Gasteiger partial charge on any atom is 0.0876 e. The summed E-state index contributed by atoms with van der Waals surface area (Å²) in [7, 11) is 0. The highest BCUT2D eigenvalue weighted by Crippen LogP contribution is 2.24. The average molecular weight is 313 g/mol. The number of hydrogen-bond donors (Lipinski definition) is 1. The Morgan fingerprint density at radius 3 is 2.94 bits per heavy atom. The van der Waals surface area contributed by atoms with Gasteiger partial charge in [0.2, 0.25) is 0 Å². The first kappa shape index (κ1) is 15.5. The van der Waals surface area contributed by atoms with Gasteiger partial charge in [-0.3, -0.25) is 0 Å². The number of alkyl halides is 1. The fourth-order valence-electron chi connectivity index (χ4n) is 1.97. The molecule has 0 aliphatic carbocycles. The topological polar surface area (TPSA) is 29.5 Å². The van der Waals surface area contributed by atoms with Crippen LogP contribution in [-0.4, -0.2) is 28.2 Å². The highest BCUT2D eigenvalue weighted by molar-refractivity contribution is 9.09. The van der Waals surface area contributed by atoms with Gasteiger partial charge in [0, 0.05) is 4.83 Å². The number of halogens is 1. The van der Waals surface area contributed by atoms with Gasteiger partial charge in [-0.15, -0.1) is 6.42 Å². The molecule has 0 fully saturated rings. The van der Waals surface area contributed by atoms with E-state index in [9.17, 15) is 5.11 Å². The van der Waals surface area contributed by atoms with E-state index in [1.807, 2.05) is 12.2 Å². The van der Waals surface area contributed by atoms with Gasteiger partial charge in [-0.25, -0.2) is 0 Å². The minimum absolute atomic E-state index is 0.102. The van der Waals surface area contributed by atoms with E-state index in [2.05, 4.69) is 34.9 Å². The number of aliphatic hydroxyl groups is 1. The molecule has 1 N–H and O–H groups in total. The second kappa shape index (κ2) is 8.53. The first-order valence-electron chi connectivity index (χ1n) is 6.42. The molecule has 18 heavy (non-hydrogen) atoms. The Morgan fingerprint density at radius 2 is 2.28 bits per heavy atom. The molecule has 1 heterocycles. The minimum atomic E-state index is -0.469. The molecule has 2 nitrogen and oxygen atoms in total. The molecule has 0 spiro atoms. The van der Waals surface area contributed by atoms with E-state index in [1.54, 1.807) is 6.08 Å². The van der Waals surface area contributed by atoms with Crippen molar-refractivity contribution in [2.24, 2.45) is 0 Å². The number of ether oxygens (including phenoxy) is 1. The predicted octanol–water partition coefficient (Wildman–Crippen LogP) is 3.20. The Labute approximate surface area is 118 Å². The minimum Gasteiger partial charge on any atom is -0.390 e. The van der Waals surface area contributed by atoms with Gasteiger partial charge in [-0.1, -0.05) is 47.0 Å². The molecule has 0 amide bonds. The fourth-order valence-corrected chi connectivity index (χ4v) is 2.31. The molecule has 1 aliphatic rings. The summed E-state index contributed by atoms with van der Waals surface area (Å²) in [6, 6.07) is 0. The molecular weight excluding hydrogens is 292 g/mol. The number of terminal acetylenes is 1. The second-order valence-corrected chi connectivity index (χ2v) is 5.63. The molecule has 100 valence electrons. The van der Waals surface area contributed by atoms with E-state index >= 15 is 0 Å². The van der Waals surface area contributed by atoms with Crippen LogP contribution in [0.4, 0.5) is 0 Å². The quantitative estimate of drug-likeness (QED) is 0.491. The number of hydrogen-bond acceptors (Lipinski definition) is 2. The summed E-state index contributed by atoms with van der Waals surface area (Å²) in [5.41, 5.74) is 0. The summed E-state index contributed by atoms with van der Waals surface area (Å²) in [4.78, 5) is 0.312. The van der Waals surface area contributed by atoms with E-state index in [4.69, 9.17) is 11.2 Å². The molecule has 0 saturated heterocycles. The van der Waals surface area contributed by atoms with E-state index < -0.39 is 6.10 Å². The maximum absolute atomic E-state index is 10.1. The number of allylic oxidation sites excluding steroid dienone is 1. The molecule has 0 aromatic heterocycles. The third kappa shape index (κ3) is 4.97. The van der Waals surface area contributed by atoms with Crippen LogP contribution in [0.3, 0.4) is 0 Å². The fraction of sp³-hybridized carbons (Fsp3) is 0.600. The lowest BCUT2D eigenvalue weighted by Gasteiger charge is -2.30. The molecule has 1 rings (SSSR count). The van der Waals surface area contributed by atoms with Crippen molar-refractivity contribution in [3.8, 4) is 12.3 Å². The van der Waals surface area contributed by atoms with Crippen molar-refractivity contribution in [1.82, 2.24) is 0 Å². The molecule has 4 atom stereocenters. The van der Waals surface area contributed by atoms with E-state index in [1.165, 1.54) is 0 Å². The van der Waals surface area contributed by atoms with Crippen LogP contribution in [0.2, 0.25) is 0 Å². The molecule has 0 radical (unpaired) electrons. The average Bonchev–Trinajstić information content (AvgIpc) is 2.37. The molecule has 0 saturated carbocycles. The largest absolute Gasteiger partial charge is 0.390 e. The van der Waals surface area contributed by atoms with Crippen molar-refractivity contribution < 1.29 is 9.84 Å². The zero-order chi connectivity index (χ0) is 13.4. The second-order valence-electron chi connectivity index (χ2n) is 4.45. The first-order valence-corrected chi connectivity index (χ1v) is 7.34. The molecule has 0 aromatic carbocycles. The van der Waals surface area contributed by atoms with Crippen LogP contribution in [0.25, 0.3) is 0 Å². The summed E-state index contributed by atoms with van der Waals surface area (Å²) >= 11 is 3.64. The molecule has 0 aromatic rings. The van der Waals surface area contributed by atoms with Gasteiger partial charge in [0.05, 0.1) is 18.3 Å². The van der Waals surface area contributed by atoms with Crippen molar-refractivity contribution in [2.75, 3.05) is 0 Å². The standard InChI is InChI=1S/C15H21BrO2/c1-3-5-6-11-15-13(17)9-7-8-10-14(18-15)12(16)4-2/h1,5-8,12-15,17H,4,9-11H2,2H3/b6-5-,8-7-/t12-,13-,14+,15-/m0/s1. The Bertz CT molecular complexity index is 330. The maximum atomic E-state index is 10.1. The summed E-state index contributed by atoms with van der Waals surface area (Å²) in [5.74, 6) is 2.45. The summed E-state index contributed by atoms with van der Waals surface area (Å²) in [6.45, 7) is 2.12. The number of rotatable bonds is 4. The third-order valence-electron chi connectivity index (χ3n) is 3.07. The van der Waals surface area contributed by atoms with Crippen LogP contribution >= 0.6 is 15.9 Å². The molecule has 1 aliphatic heterocycles. The van der Waals surface area contributed by atoms with Crippen LogP contribution in [0, 0.1) is 12.3 Å². The van der Waals surface area contributed by atoms with E-state index in [0.717, 1.165) is 12.8 Å².